The number of aryl methyl sites for hydroxylation is 2. The molecular formula is C29H31ClN6O2. The fourth-order valence-electron chi connectivity index (χ4n) is 4.72. The van der Waals surface area contributed by atoms with Crippen molar-refractivity contribution >= 4 is 22.5 Å². The summed E-state index contributed by atoms with van der Waals surface area (Å²) in [6.45, 7) is 11.0. The summed E-state index contributed by atoms with van der Waals surface area (Å²) in [6.07, 6.45) is 1.64. The van der Waals surface area contributed by atoms with Crippen molar-refractivity contribution in [3.63, 3.8) is 0 Å². The third-order valence-electron chi connectivity index (χ3n) is 6.79. The molecule has 0 aliphatic carbocycles. The molecule has 5 aromatic rings. The van der Waals surface area contributed by atoms with Gasteiger partial charge in [0.15, 0.2) is 5.82 Å². The lowest BCUT2D eigenvalue weighted by Crippen LogP contribution is -2.37. The topological polar surface area (TPSA) is 92.8 Å². The van der Waals surface area contributed by atoms with Crippen LogP contribution < -0.4 is 5.56 Å². The molecule has 0 fully saturated rings. The van der Waals surface area contributed by atoms with Crippen LogP contribution in [0.25, 0.3) is 10.9 Å². The second-order valence-corrected chi connectivity index (χ2v) is 11.1. The number of rotatable bonds is 7. The highest BCUT2D eigenvalue weighted by Crippen LogP contribution is 2.33. The van der Waals surface area contributed by atoms with Crippen LogP contribution in [0.3, 0.4) is 0 Å². The molecule has 0 aliphatic heterocycles. The number of nitrogens with zero attached hydrogens (tertiary/aromatic N) is 5. The van der Waals surface area contributed by atoms with Gasteiger partial charge in [-0.05, 0) is 104 Å². The van der Waals surface area contributed by atoms with Crippen molar-refractivity contribution in [2.45, 2.75) is 59.3 Å². The summed E-state index contributed by atoms with van der Waals surface area (Å²) in [5.74, 6) is 1.31. The van der Waals surface area contributed by atoms with E-state index in [1.165, 1.54) is 0 Å². The largest absolute Gasteiger partial charge is 0.468 e. The number of fused-ring (bicyclic) bond motifs is 1. The first kappa shape index (κ1) is 25.9. The van der Waals surface area contributed by atoms with E-state index < -0.39 is 11.6 Å². The van der Waals surface area contributed by atoms with E-state index in [1.54, 1.807) is 10.9 Å². The Labute approximate surface area is 226 Å². The molecule has 196 valence electrons. The fourth-order valence-corrected chi connectivity index (χ4v) is 4.92. The minimum Gasteiger partial charge on any atom is -0.468 e. The Morgan fingerprint density at radius 2 is 1.82 bits per heavy atom. The van der Waals surface area contributed by atoms with E-state index in [0.29, 0.717) is 29.5 Å². The maximum atomic E-state index is 13.7. The van der Waals surface area contributed by atoms with Gasteiger partial charge in [0.05, 0.1) is 18.3 Å². The molecule has 0 amide bonds. The van der Waals surface area contributed by atoms with E-state index in [1.807, 2.05) is 76.2 Å². The Balaban J connectivity index is 1.75. The zero-order valence-corrected chi connectivity index (χ0v) is 23.0. The van der Waals surface area contributed by atoms with Gasteiger partial charge in [0, 0.05) is 22.6 Å². The first-order chi connectivity index (χ1) is 18.1. The third kappa shape index (κ3) is 5.14. The van der Waals surface area contributed by atoms with Crippen molar-refractivity contribution < 1.29 is 4.42 Å². The Morgan fingerprint density at radius 1 is 1.05 bits per heavy atom. The van der Waals surface area contributed by atoms with Gasteiger partial charge >= 0.3 is 0 Å². The van der Waals surface area contributed by atoms with Gasteiger partial charge in [-0.3, -0.25) is 9.69 Å². The first-order valence-electron chi connectivity index (χ1n) is 12.5. The van der Waals surface area contributed by atoms with Gasteiger partial charge in [-0.25, -0.2) is 4.68 Å². The number of hydrogen-bond donors (Lipinski definition) is 1. The van der Waals surface area contributed by atoms with E-state index in [-0.39, 0.29) is 5.56 Å². The number of halogens is 1. The molecule has 0 saturated carbocycles. The van der Waals surface area contributed by atoms with Gasteiger partial charge in [-0.15, -0.1) is 5.10 Å². The lowest BCUT2D eigenvalue weighted by Gasteiger charge is -2.32. The quantitative estimate of drug-likeness (QED) is 0.280. The van der Waals surface area contributed by atoms with Crippen molar-refractivity contribution in [1.82, 2.24) is 30.1 Å². The fraction of sp³-hybridized carbons (Fsp3) is 0.310. The van der Waals surface area contributed by atoms with Crippen LogP contribution in [0.1, 0.15) is 60.7 Å². The normalized spacial score (nSPS) is 12.9. The number of H-pyrrole nitrogens is 1. The van der Waals surface area contributed by atoms with Gasteiger partial charge in [0.25, 0.3) is 5.56 Å². The Bertz CT molecular complexity index is 1630. The van der Waals surface area contributed by atoms with E-state index >= 15 is 0 Å². The molecule has 3 heterocycles. The molecule has 0 spiro atoms. The number of aromatic amines is 1. The van der Waals surface area contributed by atoms with Crippen LogP contribution in [0.5, 0.6) is 0 Å². The van der Waals surface area contributed by atoms with Crippen LogP contribution >= 0.6 is 11.6 Å². The molecule has 3 aromatic heterocycles. The lowest BCUT2D eigenvalue weighted by atomic mass is 9.99. The SMILES string of the molecule is Cc1cc2cc([C@H](c3nnnn3C(C)(C)C)N(Cc3ccco3)Cc3ccccc3Cl)c(=O)[nH]c2cc1C. The summed E-state index contributed by atoms with van der Waals surface area (Å²) >= 11 is 6.61. The number of aromatic nitrogens is 5. The Morgan fingerprint density at radius 3 is 2.53 bits per heavy atom. The number of tetrazole rings is 1. The number of furan rings is 1. The van der Waals surface area contributed by atoms with Crippen LogP contribution in [-0.2, 0) is 18.6 Å². The monoisotopic (exact) mass is 530 g/mol. The molecule has 0 radical (unpaired) electrons. The zero-order chi connectivity index (χ0) is 27.0. The number of nitrogens with one attached hydrogen (secondary N) is 1. The van der Waals surface area contributed by atoms with Gasteiger partial charge in [-0.1, -0.05) is 29.8 Å². The van der Waals surface area contributed by atoms with Crippen LogP contribution in [0.4, 0.5) is 0 Å². The summed E-state index contributed by atoms with van der Waals surface area (Å²) < 4.78 is 7.52. The summed E-state index contributed by atoms with van der Waals surface area (Å²) in [5.41, 5.74) is 3.90. The highest BCUT2D eigenvalue weighted by molar-refractivity contribution is 6.31. The second-order valence-electron chi connectivity index (χ2n) is 10.7. The van der Waals surface area contributed by atoms with E-state index in [0.717, 1.165) is 33.4 Å². The maximum absolute atomic E-state index is 13.7. The average molecular weight is 531 g/mol. The molecular weight excluding hydrogens is 500 g/mol. The minimum atomic E-state index is -0.597. The summed E-state index contributed by atoms with van der Waals surface area (Å²) in [7, 11) is 0. The molecule has 8 nitrogen and oxygen atoms in total. The van der Waals surface area contributed by atoms with Crippen molar-refractivity contribution in [2.75, 3.05) is 0 Å². The Kier molecular flexibility index (Phi) is 6.94. The summed E-state index contributed by atoms with van der Waals surface area (Å²) in [5, 5.41) is 14.4. The Hall–Kier alpha value is -3.75. The average Bonchev–Trinajstić information content (AvgIpc) is 3.55. The minimum absolute atomic E-state index is 0.196. The summed E-state index contributed by atoms with van der Waals surface area (Å²) in [4.78, 5) is 19.0. The van der Waals surface area contributed by atoms with Gasteiger partial charge in [-0.2, -0.15) is 0 Å². The van der Waals surface area contributed by atoms with Gasteiger partial charge in [0.1, 0.15) is 11.8 Å². The van der Waals surface area contributed by atoms with Crippen molar-refractivity contribution in [3.8, 4) is 0 Å². The molecule has 1 N–H and O–H groups in total. The highest BCUT2D eigenvalue weighted by Gasteiger charge is 2.34. The molecule has 1 atom stereocenters. The highest BCUT2D eigenvalue weighted by atomic mass is 35.5. The second kappa shape index (κ2) is 10.2. The van der Waals surface area contributed by atoms with Crippen molar-refractivity contribution in [1.29, 1.82) is 0 Å². The molecule has 5 rings (SSSR count). The molecule has 2 aromatic carbocycles. The van der Waals surface area contributed by atoms with Gasteiger partial charge < -0.3 is 9.40 Å². The lowest BCUT2D eigenvalue weighted by molar-refractivity contribution is 0.171. The van der Waals surface area contributed by atoms with Crippen LogP contribution in [0.15, 0.2) is 70.1 Å². The van der Waals surface area contributed by atoms with E-state index in [4.69, 9.17) is 16.0 Å². The van der Waals surface area contributed by atoms with Crippen molar-refractivity contribution in [3.05, 3.63) is 110 Å². The van der Waals surface area contributed by atoms with Gasteiger partial charge in [0.2, 0.25) is 0 Å². The predicted octanol–water partition coefficient (Wildman–Crippen LogP) is 5.92. The van der Waals surface area contributed by atoms with E-state index in [2.05, 4.69) is 38.4 Å². The number of benzene rings is 2. The predicted molar refractivity (Wildman–Crippen MR) is 148 cm³/mol. The molecule has 0 aliphatic rings. The molecule has 38 heavy (non-hydrogen) atoms. The molecule has 9 heteroatoms. The van der Waals surface area contributed by atoms with Crippen LogP contribution in [0, 0.1) is 13.8 Å². The standard InChI is InChI=1S/C29H31ClN6O2/c1-18-13-21-15-23(28(37)31-25(21)14-19(18)2)26(27-32-33-34-36(27)29(3,4)5)35(17-22-10-8-12-38-22)16-20-9-6-7-11-24(20)30/h6-15,26H,16-17H2,1-5H3,(H,31,37)/t26-/m1/s1. The van der Waals surface area contributed by atoms with E-state index in [9.17, 15) is 4.79 Å². The molecule has 0 unspecified atom stereocenters. The number of hydrogen-bond acceptors (Lipinski definition) is 6. The van der Waals surface area contributed by atoms with Crippen molar-refractivity contribution in [2.24, 2.45) is 0 Å². The van der Waals surface area contributed by atoms with Crippen LogP contribution in [0.2, 0.25) is 5.02 Å². The zero-order valence-electron chi connectivity index (χ0n) is 22.2. The maximum Gasteiger partial charge on any atom is 0.253 e. The first-order valence-corrected chi connectivity index (χ1v) is 12.9. The molecule has 0 bridgehead atoms. The third-order valence-corrected chi connectivity index (χ3v) is 7.16. The molecule has 0 saturated heterocycles. The van der Waals surface area contributed by atoms with Crippen LogP contribution in [-0.4, -0.2) is 30.1 Å². The smallest absolute Gasteiger partial charge is 0.253 e. The number of pyridine rings is 1. The summed E-state index contributed by atoms with van der Waals surface area (Å²) in [6, 6.07) is 16.9.